The molecule has 2 rings (SSSR count). The van der Waals surface area contributed by atoms with E-state index in [0.717, 1.165) is 5.69 Å². The maximum absolute atomic E-state index is 11.6. The van der Waals surface area contributed by atoms with E-state index in [-0.39, 0.29) is 5.56 Å². The van der Waals surface area contributed by atoms with Crippen LogP contribution in [0.25, 0.3) is 0 Å². The maximum atomic E-state index is 11.6. The summed E-state index contributed by atoms with van der Waals surface area (Å²) < 4.78 is 2.11. The zero-order valence-corrected chi connectivity index (χ0v) is 10.5. The molecular weight excluding hydrogens is 327 g/mol. The van der Waals surface area contributed by atoms with Crippen molar-refractivity contribution in [1.29, 1.82) is 0 Å². The molecule has 2 aromatic rings. The van der Waals surface area contributed by atoms with Crippen LogP contribution in [-0.2, 0) is 6.54 Å². The molecule has 0 aliphatic rings. The molecule has 0 unspecified atom stereocenters. The van der Waals surface area contributed by atoms with Crippen LogP contribution < -0.4 is 11.3 Å². The van der Waals surface area contributed by atoms with E-state index in [1.807, 2.05) is 28.0 Å². The van der Waals surface area contributed by atoms with Crippen molar-refractivity contribution in [3.05, 3.63) is 37.5 Å². The average Bonchev–Trinajstić information content (AvgIpc) is 2.59. The first kappa shape index (κ1) is 10.6. The van der Waals surface area contributed by atoms with Crippen LogP contribution in [-0.4, -0.2) is 14.5 Å². The molecule has 0 saturated carbocycles. The van der Waals surface area contributed by atoms with Gasteiger partial charge in [0.2, 0.25) is 0 Å². The molecule has 0 saturated heterocycles. The van der Waals surface area contributed by atoms with Crippen molar-refractivity contribution in [3.8, 4) is 0 Å². The van der Waals surface area contributed by atoms with Crippen molar-refractivity contribution in [2.75, 3.05) is 5.73 Å². The number of rotatable bonds is 2. The lowest BCUT2D eigenvalue weighted by molar-refractivity contribution is 0.718. The van der Waals surface area contributed by atoms with Gasteiger partial charge in [-0.15, -0.1) is 11.3 Å². The van der Waals surface area contributed by atoms with Crippen LogP contribution in [0, 0.1) is 3.57 Å². The highest BCUT2D eigenvalue weighted by Crippen LogP contribution is 2.11. The molecule has 5 nitrogen and oxygen atoms in total. The fourth-order valence-corrected chi connectivity index (χ4v) is 2.13. The molecule has 15 heavy (non-hydrogen) atoms. The number of hydrogen-bond donors (Lipinski definition) is 1. The molecule has 78 valence electrons. The molecule has 0 bridgehead atoms. The average molecular weight is 334 g/mol. The zero-order valence-electron chi connectivity index (χ0n) is 7.55. The fourth-order valence-electron chi connectivity index (χ4n) is 1.11. The number of anilines is 1. The molecule has 0 radical (unpaired) electrons. The predicted octanol–water partition coefficient (Wildman–Crippen LogP) is 0.935. The summed E-state index contributed by atoms with van der Waals surface area (Å²) in [5.74, 6) is 0. The number of halogens is 1. The Morgan fingerprint density at radius 1 is 1.60 bits per heavy atom. The third kappa shape index (κ3) is 2.34. The summed E-state index contributed by atoms with van der Waals surface area (Å²) in [6.45, 7) is 0.413. The second-order valence-electron chi connectivity index (χ2n) is 2.85. The van der Waals surface area contributed by atoms with Gasteiger partial charge >= 0.3 is 0 Å². The van der Waals surface area contributed by atoms with Crippen molar-refractivity contribution in [2.45, 2.75) is 6.54 Å². The lowest BCUT2D eigenvalue weighted by Crippen LogP contribution is -2.23. The second-order valence-corrected chi connectivity index (χ2v) is 4.90. The molecule has 0 aliphatic heterocycles. The monoisotopic (exact) mass is 334 g/mol. The van der Waals surface area contributed by atoms with E-state index in [0.29, 0.717) is 15.2 Å². The van der Waals surface area contributed by atoms with Crippen molar-refractivity contribution in [1.82, 2.24) is 14.5 Å². The first-order valence-electron chi connectivity index (χ1n) is 4.06. The zero-order chi connectivity index (χ0) is 10.8. The summed E-state index contributed by atoms with van der Waals surface area (Å²) in [6.07, 6.45) is 3.04. The third-order valence-corrected chi connectivity index (χ3v) is 3.22. The second kappa shape index (κ2) is 4.27. The van der Waals surface area contributed by atoms with Gasteiger partial charge in [-0.1, -0.05) is 0 Å². The Morgan fingerprint density at radius 3 is 3.07 bits per heavy atom. The summed E-state index contributed by atoms with van der Waals surface area (Å²) in [6, 6.07) is 0. The van der Waals surface area contributed by atoms with Crippen molar-refractivity contribution < 1.29 is 0 Å². The van der Waals surface area contributed by atoms with Crippen molar-refractivity contribution in [3.63, 3.8) is 0 Å². The summed E-state index contributed by atoms with van der Waals surface area (Å²) in [5.41, 5.74) is 6.23. The van der Waals surface area contributed by atoms with E-state index in [4.69, 9.17) is 5.73 Å². The lowest BCUT2D eigenvalue weighted by Gasteiger charge is -2.01. The highest BCUT2D eigenvalue weighted by atomic mass is 127. The molecule has 0 amide bonds. The Bertz CT molecular complexity index is 535. The van der Waals surface area contributed by atoms with E-state index in [1.165, 1.54) is 28.4 Å². The molecule has 2 N–H and O–H groups in total. The van der Waals surface area contributed by atoms with Crippen LogP contribution in [0.3, 0.4) is 0 Å². The minimum absolute atomic E-state index is 0.0582. The van der Waals surface area contributed by atoms with Gasteiger partial charge in [-0.2, -0.15) is 0 Å². The smallest absolute Gasteiger partial charge is 0.267 e. The third-order valence-electron chi connectivity index (χ3n) is 1.76. The fraction of sp³-hybridized carbons (Fsp3) is 0.125. The summed E-state index contributed by atoms with van der Waals surface area (Å²) in [7, 11) is 0. The van der Waals surface area contributed by atoms with Gasteiger partial charge in [0.1, 0.15) is 0 Å². The number of nitrogen functional groups attached to an aromatic ring is 1. The Hall–Kier alpha value is -0.960. The Labute approximate surface area is 103 Å². The number of thiazole rings is 1. The first-order chi connectivity index (χ1) is 7.16. The van der Waals surface area contributed by atoms with E-state index in [2.05, 4.69) is 9.97 Å². The predicted molar refractivity (Wildman–Crippen MR) is 66.8 cm³/mol. The minimum atomic E-state index is -0.0582. The normalized spacial score (nSPS) is 10.5. The van der Waals surface area contributed by atoms with Gasteiger partial charge in [0.05, 0.1) is 22.1 Å². The van der Waals surface area contributed by atoms with Gasteiger partial charge in [-0.3, -0.25) is 9.36 Å². The van der Waals surface area contributed by atoms with Crippen molar-refractivity contribution >= 4 is 39.1 Å². The van der Waals surface area contributed by atoms with Gasteiger partial charge in [0, 0.05) is 11.6 Å². The van der Waals surface area contributed by atoms with Crippen LogP contribution in [0.15, 0.2) is 22.7 Å². The molecule has 2 heterocycles. The number of nitrogens with two attached hydrogens (primary N) is 1. The highest BCUT2D eigenvalue weighted by molar-refractivity contribution is 14.1. The quantitative estimate of drug-likeness (QED) is 0.830. The molecular formula is C8H7IN4OS. The largest absolute Gasteiger partial charge is 0.375 e. The van der Waals surface area contributed by atoms with Gasteiger partial charge in [0.15, 0.2) is 5.13 Å². The molecule has 0 aromatic carbocycles. The van der Waals surface area contributed by atoms with Crippen LogP contribution in [0.2, 0.25) is 0 Å². The van der Waals surface area contributed by atoms with E-state index in [1.54, 1.807) is 0 Å². The Balaban J connectivity index is 2.32. The van der Waals surface area contributed by atoms with Crippen LogP contribution in [0.4, 0.5) is 5.13 Å². The van der Waals surface area contributed by atoms with Gasteiger partial charge < -0.3 is 5.73 Å². The molecule has 0 fully saturated rings. The van der Waals surface area contributed by atoms with Crippen LogP contribution >= 0.6 is 33.9 Å². The molecule has 2 aromatic heterocycles. The number of nitrogens with zero attached hydrogens (tertiary/aromatic N) is 3. The van der Waals surface area contributed by atoms with Gasteiger partial charge in [-0.25, -0.2) is 9.97 Å². The van der Waals surface area contributed by atoms with E-state index >= 15 is 0 Å². The molecule has 7 heteroatoms. The summed E-state index contributed by atoms with van der Waals surface area (Å²) in [5, 5.41) is 2.35. The number of hydrogen-bond acceptors (Lipinski definition) is 5. The topological polar surface area (TPSA) is 73.8 Å². The Morgan fingerprint density at radius 2 is 2.40 bits per heavy atom. The first-order valence-corrected chi connectivity index (χ1v) is 6.02. The van der Waals surface area contributed by atoms with Gasteiger partial charge in [-0.05, 0) is 22.6 Å². The molecule has 0 atom stereocenters. The lowest BCUT2D eigenvalue weighted by atomic mass is 10.5. The van der Waals surface area contributed by atoms with Crippen molar-refractivity contribution in [2.24, 2.45) is 0 Å². The number of aromatic nitrogens is 3. The standard InChI is InChI=1S/C8H7IN4OS/c9-6-1-11-4-13(7(6)14)2-5-3-15-8(10)12-5/h1,3-4H,2H2,(H2,10,12). The Kier molecular flexibility index (Phi) is 3.00. The van der Waals surface area contributed by atoms with E-state index in [9.17, 15) is 4.79 Å². The molecule has 0 spiro atoms. The van der Waals surface area contributed by atoms with E-state index < -0.39 is 0 Å². The SMILES string of the molecule is Nc1nc(Cn2cncc(I)c2=O)cs1. The van der Waals surface area contributed by atoms with Crippen LogP contribution in [0.1, 0.15) is 5.69 Å². The highest BCUT2D eigenvalue weighted by Gasteiger charge is 2.04. The summed E-state index contributed by atoms with van der Waals surface area (Å²) in [4.78, 5) is 19.7. The van der Waals surface area contributed by atoms with Crippen LogP contribution in [0.5, 0.6) is 0 Å². The minimum Gasteiger partial charge on any atom is -0.375 e. The molecule has 0 aliphatic carbocycles. The summed E-state index contributed by atoms with van der Waals surface area (Å²) >= 11 is 3.32. The van der Waals surface area contributed by atoms with Gasteiger partial charge in [0.25, 0.3) is 5.56 Å². The maximum Gasteiger partial charge on any atom is 0.267 e.